The van der Waals surface area contributed by atoms with E-state index in [9.17, 15) is 4.79 Å². The summed E-state index contributed by atoms with van der Waals surface area (Å²) in [6, 6.07) is 22.3. The summed E-state index contributed by atoms with van der Waals surface area (Å²) in [5, 5.41) is 1.91. The highest BCUT2D eigenvalue weighted by molar-refractivity contribution is 6.30. The summed E-state index contributed by atoms with van der Waals surface area (Å²) in [6.07, 6.45) is 3.77. The van der Waals surface area contributed by atoms with E-state index in [1.165, 1.54) is 0 Å². The van der Waals surface area contributed by atoms with Crippen molar-refractivity contribution in [1.82, 2.24) is 9.55 Å². The van der Waals surface area contributed by atoms with E-state index in [4.69, 9.17) is 28.2 Å². The van der Waals surface area contributed by atoms with Crippen LogP contribution in [-0.2, 0) is 6.54 Å². The topological polar surface area (TPSA) is 34.9 Å². The lowest BCUT2D eigenvalue weighted by Gasteiger charge is -2.12. The lowest BCUT2D eigenvalue weighted by molar-refractivity contribution is 0.738. The van der Waals surface area contributed by atoms with Crippen LogP contribution in [0.15, 0.2) is 77.6 Å². The number of hydrogen-bond acceptors (Lipinski definition) is 2. The molecule has 0 saturated heterocycles. The van der Waals surface area contributed by atoms with Gasteiger partial charge in [-0.3, -0.25) is 9.36 Å². The number of halogens is 2. The number of fused-ring (bicyclic) bond motifs is 1. The first-order chi connectivity index (χ1) is 13.6. The van der Waals surface area contributed by atoms with Gasteiger partial charge in [0.05, 0.1) is 17.4 Å². The number of benzene rings is 3. The Balaban J connectivity index is 1.83. The summed E-state index contributed by atoms with van der Waals surface area (Å²) in [7, 11) is 0. The van der Waals surface area contributed by atoms with Gasteiger partial charge in [0.15, 0.2) is 0 Å². The maximum atomic E-state index is 13.1. The third-order valence-electron chi connectivity index (χ3n) is 4.42. The molecule has 4 aromatic rings. The van der Waals surface area contributed by atoms with Crippen LogP contribution in [0.25, 0.3) is 23.1 Å². The molecule has 0 N–H and O–H groups in total. The van der Waals surface area contributed by atoms with Gasteiger partial charge >= 0.3 is 0 Å². The molecule has 3 nitrogen and oxygen atoms in total. The lowest BCUT2D eigenvalue weighted by atomic mass is 10.2. The second kappa shape index (κ2) is 8.01. The van der Waals surface area contributed by atoms with Crippen LogP contribution in [0, 0.1) is 0 Å². The Kier molecular flexibility index (Phi) is 5.29. The van der Waals surface area contributed by atoms with Gasteiger partial charge in [-0.15, -0.1) is 0 Å². The standard InChI is InChI=1S/C23H16Cl2N2O/c24-18-11-8-16(9-12-18)10-13-22-26-21-7-2-1-6-20(21)23(28)27(22)15-17-4-3-5-19(25)14-17/h1-14H,15H2. The molecule has 5 heteroatoms. The molecule has 0 fully saturated rings. The molecule has 0 aliphatic rings. The molecule has 0 atom stereocenters. The van der Waals surface area contributed by atoms with E-state index >= 15 is 0 Å². The van der Waals surface area contributed by atoms with Gasteiger partial charge in [-0.1, -0.05) is 65.7 Å². The van der Waals surface area contributed by atoms with Crippen LogP contribution in [0.4, 0.5) is 0 Å². The first-order valence-corrected chi connectivity index (χ1v) is 9.53. The summed E-state index contributed by atoms with van der Waals surface area (Å²) in [6.45, 7) is 0.386. The molecule has 0 unspecified atom stereocenters. The van der Waals surface area contributed by atoms with Crippen LogP contribution in [0.2, 0.25) is 10.0 Å². The van der Waals surface area contributed by atoms with Crippen molar-refractivity contribution in [2.45, 2.75) is 6.54 Å². The molecular formula is C23H16Cl2N2O. The molecule has 0 spiro atoms. The Bertz CT molecular complexity index is 1230. The van der Waals surface area contributed by atoms with E-state index in [0.29, 0.717) is 33.3 Å². The number of rotatable bonds is 4. The van der Waals surface area contributed by atoms with Crippen LogP contribution in [0.1, 0.15) is 17.0 Å². The number of nitrogens with zero attached hydrogens (tertiary/aromatic N) is 2. The zero-order valence-corrected chi connectivity index (χ0v) is 16.4. The Morgan fingerprint density at radius 1 is 0.857 bits per heavy atom. The van der Waals surface area contributed by atoms with E-state index < -0.39 is 0 Å². The van der Waals surface area contributed by atoms with Gasteiger partial charge in [-0.25, -0.2) is 4.98 Å². The van der Waals surface area contributed by atoms with Crippen LogP contribution in [0.5, 0.6) is 0 Å². The molecule has 1 heterocycles. The van der Waals surface area contributed by atoms with Crippen molar-refractivity contribution < 1.29 is 0 Å². The molecule has 3 aromatic carbocycles. The highest BCUT2D eigenvalue weighted by Crippen LogP contribution is 2.16. The Morgan fingerprint density at radius 3 is 2.43 bits per heavy atom. The van der Waals surface area contributed by atoms with Crippen LogP contribution < -0.4 is 5.56 Å². The van der Waals surface area contributed by atoms with E-state index in [0.717, 1.165) is 11.1 Å². The predicted octanol–water partition coefficient (Wildman–Crippen LogP) is 5.92. The highest BCUT2D eigenvalue weighted by atomic mass is 35.5. The van der Waals surface area contributed by atoms with Gasteiger partial charge in [-0.2, -0.15) is 0 Å². The first kappa shape index (κ1) is 18.5. The van der Waals surface area contributed by atoms with Gasteiger partial charge in [0.25, 0.3) is 5.56 Å². The zero-order chi connectivity index (χ0) is 19.5. The smallest absolute Gasteiger partial charge is 0.261 e. The first-order valence-electron chi connectivity index (χ1n) is 8.78. The minimum absolute atomic E-state index is 0.0821. The molecule has 0 saturated carbocycles. The third kappa shape index (κ3) is 4.01. The van der Waals surface area contributed by atoms with E-state index in [1.54, 1.807) is 10.6 Å². The molecular weight excluding hydrogens is 391 g/mol. The highest BCUT2D eigenvalue weighted by Gasteiger charge is 2.10. The SMILES string of the molecule is O=c1c2ccccc2nc(C=Cc2ccc(Cl)cc2)n1Cc1cccc(Cl)c1. The minimum atomic E-state index is -0.0821. The molecule has 0 aliphatic carbocycles. The van der Waals surface area contributed by atoms with Gasteiger partial charge in [0.1, 0.15) is 5.82 Å². The summed E-state index contributed by atoms with van der Waals surface area (Å²) in [5.74, 6) is 0.582. The summed E-state index contributed by atoms with van der Waals surface area (Å²) in [4.78, 5) is 17.8. The van der Waals surface area contributed by atoms with Gasteiger partial charge in [0, 0.05) is 10.0 Å². The fourth-order valence-corrected chi connectivity index (χ4v) is 3.37. The van der Waals surface area contributed by atoms with Crippen molar-refractivity contribution >= 4 is 46.3 Å². The molecule has 0 bridgehead atoms. The molecule has 0 aliphatic heterocycles. The second-order valence-electron chi connectivity index (χ2n) is 6.39. The number of para-hydroxylation sites is 1. The van der Waals surface area contributed by atoms with Crippen molar-refractivity contribution in [3.05, 3.63) is 110 Å². The summed E-state index contributed by atoms with van der Waals surface area (Å²) in [5.41, 5.74) is 2.50. The van der Waals surface area contributed by atoms with Crippen molar-refractivity contribution in [2.75, 3.05) is 0 Å². The Labute approximate surface area is 172 Å². The molecule has 0 radical (unpaired) electrons. The Hall–Kier alpha value is -2.88. The average molecular weight is 407 g/mol. The van der Waals surface area contributed by atoms with Gasteiger partial charge in [0.2, 0.25) is 0 Å². The molecule has 1 aromatic heterocycles. The zero-order valence-electron chi connectivity index (χ0n) is 14.8. The summed E-state index contributed by atoms with van der Waals surface area (Å²) >= 11 is 12.1. The van der Waals surface area contributed by atoms with Gasteiger partial charge < -0.3 is 0 Å². The van der Waals surface area contributed by atoms with Crippen LogP contribution in [0.3, 0.4) is 0 Å². The van der Waals surface area contributed by atoms with Crippen LogP contribution in [-0.4, -0.2) is 9.55 Å². The molecule has 0 amide bonds. The molecule has 138 valence electrons. The predicted molar refractivity (Wildman–Crippen MR) is 117 cm³/mol. The fourth-order valence-electron chi connectivity index (χ4n) is 3.03. The molecule has 28 heavy (non-hydrogen) atoms. The summed E-state index contributed by atoms with van der Waals surface area (Å²) < 4.78 is 1.67. The molecule has 4 rings (SSSR count). The Morgan fingerprint density at radius 2 is 1.64 bits per heavy atom. The maximum absolute atomic E-state index is 13.1. The monoisotopic (exact) mass is 406 g/mol. The second-order valence-corrected chi connectivity index (χ2v) is 7.27. The normalized spacial score (nSPS) is 11.4. The average Bonchev–Trinajstić information content (AvgIpc) is 2.70. The maximum Gasteiger partial charge on any atom is 0.261 e. The van der Waals surface area contributed by atoms with Crippen LogP contribution >= 0.6 is 23.2 Å². The quantitative estimate of drug-likeness (QED) is 0.421. The largest absolute Gasteiger partial charge is 0.288 e. The van der Waals surface area contributed by atoms with Gasteiger partial charge in [-0.05, 0) is 53.6 Å². The van der Waals surface area contributed by atoms with E-state index in [2.05, 4.69) is 0 Å². The van der Waals surface area contributed by atoms with Crippen molar-refractivity contribution in [3.63, 3.8) is 0 Å². The fraction of sp³-hybridized carbons (Fsp3) is 0.0435. The van der Waals surface area contributed by atoms with Crippen molar-refractivity contribution in [2.24, 2.45) is 0 Å². The number of hydrogen-bond donors (Lipinski definition) is 0. The van der Waals surface area contributed by atoms with E-state index in [1.807, 2.05) is 78.9 Å². The minimum Gasteiger partial charge on any atom is -0.288 e. The van der Waals surface area contributed by atoms with Crippen molar-refractivity contribution in [1.29, 1.82) is 0 Å². The number of aromatic nitrogens is 2. The lowest BCUT2D eigenvalue weighted by Crippen LogP contribution is -2.24. The third-order valence-corrected chi connectivity index (χ3v) is 4.90. The van der Waals surface area contributed by atoms with Crippen molar-refractivity contribution in [3.8, 4) is 0 Å². The van der Waals surface area contributed by atoms with E-state index in [-0.39, 0.29) is 5.56 Å².